The highest BCUT2D eigenvalue weighted by Gasteiger charge is 2.22. The number of sulfonamides is 1. The molecule has 2 aromatic rings. The van der Waals surface area contributed by atoms with Crippen LogP contribution in [0, 0.1) is 10.1 Å². The van der Waals surface area contributed by atoms with Crippen LogP contribution in [0.5, 0.6) is 0 Å². The predicted molar refractivity (Wildman–Crippen MR) is 94.5 cm³/mol. The van der Waals surface area contributed by atoms with Gasteiger partial charge in [0.2, 0.25) is 10.0 Å². The van der Waals surface area contributed by atoms with Crippen LogP contribution in [0.25, 0.3) is 0 Å². The largest absolute Gasteiger partial charge is 0.457 e. The van der Waals surface area contributed by atoms with Gasteiger partial charge in [-0.2, -0.15) is 0 Å². The topological polar surface area (TPSA) is 107 Å². The maximum Gasteiger partial charge on any atom is 0.338 e. The van der Waals surface area contributed by atoms with Crippen LogP contribution >= 0.6 is 11.6 Å². The van der Waals surface area contributed by atoms with Gasteiger partial charge >= 0.3 is 5.97 Å². The lowest BCUT2D eigenvalue weighted by Gasteiger charge is -2.13. The Hall–Kier alpha value is -2.49. The van der Waals surface area contributed by atoms with E-state index >= 15 is 0 Å². The molecule has 0 atom stereocenters. The molecule has 0 heterocycles. The Balaban J connectivity index is 2.16. The number of carbonyl (C=O) groups is 1. The lowest BCUT2D eigenvalue weighted by atomic mass is 10.2. The average Bonchev–Trinajstić information content (AvgIpc) is 2.60. The first-order valence-corrected chi connectivity index (χ1v) is 9.07. The van der Waals surface area contributed by atoms with Crippen LogP contribution < -0.4 is 0 Å². The maximum atomic E-state index is 12.2. The number of benzene rings is 2. The second-order valence-electron chi connectivity index (χ2n) is 5.43. The van der Waals surface area contributed by atoms with Gasteiger partial charge in [0.1, 0.15) is 11.5 Å². The van der Waals surface area contributed by atoms with E-state index in [1.165, 1.54) is 50.5 Å². The van der Waals surface area contributed by atoms with Gasteiger partial charge in [-0.25, -0.2) is 17.5 Å². The molecule has 2 aromatic carbocycles. The summed E-state index contributed by atoms with van der Waals surface area (Å²) in [5.41, 5.74) is 0.507. The van der Waals surface area contributed by atoms with Crippen LogP contribution in [-0.4, -0.2) is 37.7 Å². The Labute approximate surface area is 155 Å². The Morgan fingerprint density at radius 1 is 1.19 bits per heavy atom. The molecule has 0 N–H and O–H groups in total. The van der Waals surface area contributed by atoms with Gasteiger partial charge in [0, 0.05) is 26.2 Å². The number of ether oxygens (including phenoxy) is 1. The van der Waals surface area contributed by atoms with E-state index in [0.717, 1.165) is 10.4 Å². The summed E-state index contributed by atoms with van der Waals surface area (Å²) in [6.07, 6.45) is 0. The zero-order valence-electron chi connectivity index (χ0n) is 13.9. The molecule has 26 heavy (non-hydrogen) atoms. The molecule has 10 heteroatoms. The first kappa shape index (κ1) is 19.8. The van der Waals surface area contributed by atoms with Crippen molar-refractivity contribution in [2.45, 2.75) is 11.5 Å². The first-order chi connectivity index (χ1) is 12.1. The van der Waals surface area contributed by atoms with E-state index in [4.69, 9.17) is 16.3 Å². The van der Waals surface area contributed by atoms with Crippen molar-refractivity contribution in [3.05, 3.63) is 68.7 Å². The van der Waals surface area contributed by atoms with Gasteiger partial charge in [0.05, 0.1) is 15.5 Å². The number of non-ortho nitro benzene ring substituents is 1. The molecule has 0 radical (unpaired) electrons. The fourth-order valence-electron chi connectivity index (χ4n) is 1.97. The number of nitro groups is 1. The molecule has 0 aliphatic rings. The van der Waals surface area contributed by atoms with Crippen LogP contribution in [0.15, 0.2) is 47.4 Å². The van der Waals surface area contributed by atoms with Crippen LogP contribution in [-0.2, 0) is 21.4 Å². The molecule has 0 fully saturated rings. The minimum atomic E-state index is -3.81. The predicted octanol–water partition coefficient (Wildman–Crippen LogP) is 2.86. The molecule has 0 aliphatic heterocycles. The molecule has 8 nitrogen and oxygen atoms in total. The van der Waals surface area contributed by atoms with Gasteiger partial charge in [-0.05, 0) is 35.9 Å². The number of nitrogens with zero attached hydrogens (tertiary/aromatic N) is 2. The summed E-state index contributed by atoms with van der Waals surface area (Å²) < 4.78 is 30.6. The maximum absolute atomic E-state index is 12.2. The molecule has 0 spiro atoms. The number of carbonyl (C=O) groups excluding carboxylic acids is 1. The van der Waals surface area contributed by atoms with Crippen molar-refractivity contribution in [3.63, 3.8) is 0 Å². The zero-order valence-corrected chi connectivity index (χ0v) is 15.5. The highest BCUT2D eigenvalue weighted by atomic mass is 35.5. The van der Waals surface area contributed by atoms with Gasteiger partial charge in [-0.1, -0.05) is 11.6 Å². The molecule has 0 aromatic heterocycles. The molecule has 138 valence electrons. The van der Waals surface area contributed by atoms with E-state index in [0.29, 0.717) is 5.56 Å². The Bertz CT molecular complexity index is 942. The average molecular weight is 399 g/mol. The van der Waals surface area contributed by atoms with E-state index in [-0.39, 0.29) is 27.8 Å². The van der Waals surface area contributed by atoms with E-state index in [1.54, 1.807) is 0 Å². The third-order valence-electron chi connectivity index (χ3n) is 3.44. The van der Waals surface area contributed by atoms with Crippen LogP contribution in [0.4, 0.5) is 5.69 Å². The van der Waals surface area contributed by atoms with E-state index in [2.05, 4.69) is 0 Å². The number of nitro benzene ring substituents is 1. The van der Waals surface area contributed by atoms with Crippen molar-refractivity contribution in [2.75, 3.05) is 14.1 Å². The van der Waals surface area contributed by atoms with Crippen LogP contribution in [0.2, 0.25) is 5.02 Å². The van der Waals surface area contributed by atoms with Crippen molar-refractivity contribution in [3.8, 4) is 0 Å². The van der Waals surface area contributed by atoms with E-state index in [1.807, 2.05) is 0 Å². The minimum absolute atomic E-state index is 0.00869. The molecule has 0 aliphatic carbocycles. The van der Waals surface area contributed by atoms with Crippen molar-refractivity contribution in [1.82, 2.24) is 4.31 Å². The summed E-state index contributed by atoms with van der Waals surface area (Å²) in [6.45, 7) is -0.116. The van der Waals surface area contributed by atoms with Gasteiger partial charge in [0.25, 0.3) is 5.69 Å². The fourth-order valence-corrected chi connectivity index (χ4v) is 3.36. The third kappa shape index (κ3) is 4.37. The fraction of sp³-hybridized carbons (Fsp3) is 0.188. The lowest BCUT2D eigenvalue weighted by molar-refractivity contribution is -0.384. The summed E-state index contributed by atoms with van der Waals surface area (Å²) in [7, 11) is -1.11. The summed E-state index contributed by atoms with van der Waals surface area (Å²) in [5, 5.41) is 10.6. The number of halogens is 1. The normalized spacial score (nSPS) is 11.4. The van der Waals surface area contributed by atoms with Gasteiger partial charge < -0.3 is 4.74 Å². The Morgan fingerprint density at radius 3 is 2.35 bits per heavy atom. The molecule has 0 saturated heterocycles. The quantitative estimate of drug-likeness (QED) is 0.420. The highest BCUT2D eigenvalue weighted by Crippen LogP contribution is 2.25. The second-order valence-corrected chi connectivity index (χ2v) is 7.96. The molecule has 0 bridgehead atoms. The number of esters is 1. The van der Waals surface area contributed by atoms with Gasteiger partial charge in [-0.3, -0.25) is 10.1 Å². The van der Waals surface area contributed by atoms with E-state index < -0.39 is 20.9 Å². The first-order valence-electron chi connectivity index (χ1n) is 7.25. The zero-order chi connectivity index (χ0) is 19.5. The minimum Gasteiger partial charge on any atom is -0.457 e. The van der Waals surface area contributed by atoms with Crippen molar-refractivity contribution in [2.24, 2.45) is 0 Å². The van der Waals surface area contributed by atoms with E-state index in [9.17, 15) is 23.3 Å². The van der Waals surface area contributed by atoms with Crippen LogP contribution in [0.1, 0.15) is 15.9 Å². The molecule has 0 saturated carbocycles. The van der Waals surface area contributed by atoms with Crippen molar-refractivity contribution < 1.29 is 22.9 Å². The summed E-state index contributed by atoms with van der Waals surface area (Å²) in [6, 6.07) is 9.34. The van der Waals surface area contributed by atoms with Crippen molar-refractivity contribution >= 4 is 33.3 Å². The monoisotopic (exact) mass is 398 g/mol. The second kappa shape index (κ2) is 7.81. The SMILES string of the molecule is CN(C)S(=O)(=O)c1cc(C(=O)OCc2ccc([N+](=O)[O-])cc2)ccc1Cl. The van der Waals surface area contributed by atoms with Crippen LogP contribution in [0.3, 0.4) is 0 Å². The number of hydrogen-bond acceptors (Lipinski definition) is 6. The number of rotatable bonds is 6. The molecular weight excluding hydrogens is 384 g/mol. The van der Waals surface area contributed by atoms with Gasteiger partial charge in [-0.15, -0.1) is 0 Å². The third-order valence-corrected chi connectivity index (χ3v) is 5.74. The smallest absolute Gasteiger partial charge is 0.338 e. The lowest BCUT2D eigenvalue weighted by Crippen LogP contribution is -2.23. The highest BCUT2D eigenvalue weighted by molar-refractivity contribution is 7.89. The standard InChI is InChI=1S/C16H15ClN2O6S/c1-18(2)26(23,24)15-9-12(5-8-14(15)17)16(20)25-10-11-3-6-13(7-4-11)19(21)22/h3-9H,10H2,1-2H3. The summed E-state index contributed by atoms with van der Waals surface area (Å²) in [5.74, 6) is -0.741. The van der Waals surface area contributed by atoms with Gasteiger partial charge in [0.15, 0.2) is 0 Å². The molecule has 2 rings (SSSR count). The molecule has 0 unspecified atom stereocenters. The Morgan fingerprint density at radius 2 is 1.81 bits per heavy atom. The molecule has 0 amide bonds. The molecular formula is C16H15ClN2O6S. The number of hydrogen-bond donors (Lipinski definition) is 0. The van der Waals surface area contributed by atoms with Crippen molar-refractivity contribution in [1.29, 1.82) is 0 Å². The Kier molecular flexibility index (Phi) is 5.96. The summed E-state index contributed by atoms with van der Waals surface area (Å²) >= 11 is 5.93. The summed E-state index contributed by atoms with van der Waals surface area (Å²) in [4.78, 5) is 22.0.